The normalized spacial score (nSPS) is 54.0. The lowest BCUT2D eigenvalue weighted by atomic mass is 9.77. The summed E-state index contributed by atoms with van der Waals surface area (Å²) in [6, 6.07) is 1.19. The molecule has 0 aliphatic carbocycles. The zero-order chi connectivity index (χ0) is 9.16. The number of hydrogen-bond donors (Lipinski definition) is 0. The van der Waals surface area contributed by atoms with Crippen LogP contribution in [0.25, 0.3) is 0 Å². The second-order valence-electron chi connectivity index (χ2n) is 4.74. The smallest absolute Gasteiger partial charge is 0.306 e. The molecule has 2 bridgehead atoms. The first-order chi connectivity index (χ1) is 6.18. The molecule has 3 aliphatic heterocycles. The summed E-state index contributed by atoms with van der Waals surface area (Å²) in [4.78, 5) is 13.7. The van der Waals surface area contributed by atoms with E-state index >= 15 is 0 Å². The highest BCUT2D eigenvalue weighted by Crippen LogP contribution is 2.49. The van der Waals surface area contributed by atoms with Gasteiger partial charge in [-0.3, -0.25) is 9.69 Å². The van der Waals surface area contributed by atoms with Gasteiger partial charge in [0.1, 0.15) is 6.10 Å². The van der Waals surface area contributed by atoms with Crippen molar-refractivity contribution in [3.8, 4) is 0 Å². The number of nitrogens with zero attached hydrogens (tertiary/aromatic N) is 1. The number of carbonyl (C=O) groups excluding carboxylic acids is 1. The Morgan fingerprint density at radius 2 is 2.31 bits per heavy atom. The SMILES string of the molecule is CC1C2OC(=O)CC3CC1N(C)C32. The molecule has 0 aromatic heterocycles. The standard InChI is InChI=1S/C10H15NO2/c1-5-7-3-6-4-8(12)13-10(5)9(6)11(7)2/h5-7,9-10H,3-4H2,1-2H3. The highest BCUT2D eigenvalue weighted by Gasteiger charge is 2.58. The van der Waals surface area contributed by atoms with Crippen LogP contribution in [-0.2, 0) is 9.53 Å². The first kappa shape index (κ1) is 7.80. The van der Waals surface area contributed by atoms with E-state index in [4.69, 9.17) is 4.74 Å². The molecule has 5 unspecified atom stereocenters. The van der Waals surface area contributed by atoms with Crippen LogP contribution in [0.15, 0.2) is 0 Å². The number of ether oxygens (including phenoxy) is 1. The molecule has 3 rings (SSSR count). The fourth-order valence-corrected chi connectivity index (χ4v) is 3.58. The topological polar surface area (TPSA) is 29.5 Å². The summed E-state index contributed by atoms with van der Waals surface area (Å²) >= 11 is 0. The average Bonchev–Trinajstić information content (AvgIpc) is 2.49. The maximum atomic E-state index is 11.3. The van der Waals surface area contributed by atoms with Crippen molar-refractivity contribution in [1.29, 1.82) is 0 Å². The summed E-state index contributed by atoms with van der Waals surface area (Å²) < 4.78 is 5.41. The molecule has 3 fully saturated rings. The van der Waals surface area contributed by atoms with E-state index in [0.29, 0.717) is 30.3 Å². The van der Waals surface area contributed by atoms with Gasteiger partial charge < -0.3 is 4.74 Å². The van der Waals surface area contributed by atoms with E-state index in [1.807, 2.05) is 0 Å². The van der Waals surface area contributed by atoms with E-state index in [0.717, 1.165) is 0 Å². The van der Waals surface area contributed by atoms with Gasteiger partial charge in [-0.15, -0.1) is 0 Å². The van der Waals surface area contributed by atoms with Crippen molar-refractivity contribution >= 4 is 5.97 Å². The summed E-state index contributed by atoms with van der Waals surface area (Å²) in [5.41, 5.74) is 0. The first-order valence-corrected chi connectivity index (χ1v) is 5.10. The highest BCUT2D eigenvalue weighted by molar-refractivity contribution is 5.71. The molecule has 3 saturated heterocycles. The van der Waals surface area contributed by atoms with Crippen LogP contribution in [0, 0.1) is 11.8 Å². The zero-order valence-corrected chi connectivity index (χ0v) is 8.06. The Labute approximate surface area is 78.0 Å². The summed E-state index contributed by atoms with van der Waals surface area (Å²) in [7, 11) is 2.17. The second kappa shape index (κ2) is 2.27. The van der Waals surface area contributed by atoms with Crippen LogP contribution in [0.1, 0.15) is 19.8 Å². The number of likely N-dealkylation sites (N-methyl/N-ethyl adjacent to an activating group) is 1. The van der Waals surface area contributed by atoms with E-state index < -0.39 is 0 Å². The molecule has 0 N–H and O–H groups in total. The molecule has 3 nitrogen and oxygen atoms in total. The van der Waals surface area contributed by atoms with E-state index in [-0.39, 0.29) is 12.1 Å². The maximum absolute atomic E-state index is 11.3. The lowest BCUT2D eigenvalue weighted by molar-refractivity contribution is -0.162. The van der Waals surface area contributed by atoms with Crippen molar-refractivity contribution < 1.29 is 9.53 Å². The summed E-state index contributed by atoms with van der Waals surface area (Å²) in [6.07, 6.45) is 2.04. The Kier molecular flexibility index (Phi) is 1.36. The third-order valence-corrected chi connectivity index (χ3v) is 4.18. The van der Waals surface area contributed by atoms with Gasteiger partial charge in [0.25, 0.3) is 0 Å². The maximum Gasteiger partial charge on any atom is 0.306 e. The summed E-state index contributed by atoms with van der Waals surface area (Å²) in [6.45, 7) is 2.21. The second-order valence-corrected chi connectivity index (χ2v) is 4.74. The van der Waals surface area contributed by atoms with Crippen molar-refractivity contribution in [1.82, 2.24) is 4.90 Å². The van der Waals surface area contributed by atoms with E-state index in [1.54, 1.807) is 0 Å². The van der Waals surface area contributed by atoms with Crippen LogP contribution in [0.3, 0.4) is 0 Å². The monoisotopic (exact) mass is 181 g/mol. The van der Waals surface area contributed by atoms with Crippen LogP contribution in [0.4, 0.5) is 0 Å². The van der Waals surface area contributed by atoms with Gasteiger partial charge in [-0.25, -0.2) is 0 Å². The number of rotatable bonds is 0. The summed E-state index contributed by atoms with van der Waals surface area (Å²) in [5, 5.41) is 0. The number of hydrogen-bond acceptors (Lipinski definition) is 3. The largest absolute Gasteiger partial charge is 0.460 e. The van der Waals surface area contributed by atoms with Gasteiger partial charge in [0.2, 0.25) is 0 Å². The van der Waals surface area contributed by atoms with Crippen molar-refractivity contribution in [3.63, 3.8) is 0 Å². The van der Waals surface area contributed by atoms with Gasteiger partial charge in [-0.05, 0) is 19.4 Å². The van der Waals surface area contributed by atoms with Crippen LogP contribution in [0.2, 0.25) is 0 Å². The van der Waals surface area contributed by atoms with E-state index in [2.05, 4.69) is 18.9 Å². The van der Waals surface area contributed by atoms with Crippen molar-refractivity contribution in [2.45, 2.75) is 38.0 Å². The van der Waals surface area contributed by atoms with Gasteiger partial charge in [0.15, 0.2) is 0 Å². The fraction of sp³-hybridized carbons (Fsp3) is 0.900. The lowest BCUT2D eigenvalue weighted by Crippen LogP contribution is -2.46. The first-order valence-electron chi connectivity index (χ1n) is 5.10. The summed E-state index contributed by atoms with van der Waals surface area (Å²) in [5.74, 6) is 1.14. The predicted octanol–water partition coefficient (Wildman–Crippen LogP) is 0.640. The molecule has 3 heteroatoms. The minimum atomic E-state index is 0.0202. The van der Waals surface area contributed by atoms with Crippen molar-refractivity contribution in [2.75, 3.05) is 7.05 Å². The third-order valence-electron chi connectivity index (χ3n) is 4.18. The number of carbonyl (C=O) groups is 1. The van der Waals surface area contributed by atoms with Crippen LogP contribution in [0.5, 0.6) is 0 Å². The van der Waals surface area contributed by atoms with Crippen LogP contribution in [-0.4, -0.2) is 36.1 Å². The molecule has 0 spiro atoms. The molecule has 13 heavy (non-hydrogen) atoms. The lowest BCUT2D eigenvalue weighted by Gasteiger charge is -2.36. The van der Waals surface area contributed by atoms with Gasteiger partial charge in [-0.1, -0.05) is 6.92 Å². The molecule has 0 aromatic rings. The molecule has 0 amide bonds. The van der Waals surface area contributed by atoms with Crippen molar-refractivity contribution in [2.24, 2.45) is 11.8 Å². The molecule has 0 radical (unpaired) electrons. The molecular formula is C10H15NO2. The van der Waals surface area contributed by atoms with E-state index in [1.165, 1.54) is 6.42 Å². The molecule has 0 aromatic carbocycles. The van der Waals surface area contributed by atoms with Crippen LogP contribution < -0.4 is 0 Å². The van der Waals surface area contributed by atoms with Gasteiger partial charge in [0.05, 0.1) is 12.5 Å². The Morgan fingerprint density at radius 1 is 1.54 bits per heavy atom. The highest BCUT2D eigenvalue weighted by atomic mass is 16.5. The molecular weight excluding hydrogens is 166 g/mol. The Bertz CT molecular complexity index is 266. The zero-order valence-electron chi connectivity index (χ0n) is 8.06. The van der Waals surface area contributed by atoms with Gasteiger partial charge in [0, 0.05) is 12.0 Å². The quantitative estimate of drug-likeness (QED) is 0.514. The molecule has 5 atom stereocenters. The predicted molar refractivity (Wildman–Crippen MR) is 47.1 cm³/mol. The van der Waals surface area contributed by atoms with E-state index in [9.17, 15) is 4.79 Å². The molecule has 3 heterocycles. The number of fused-ring (bicyclic) bond motifs is 1. The van der Waals surface area contributed by atoms with Gasteiger partial charge >= 0.3 is 5.97 Å². The third kappa shape index (κ3) is 0.810. The minimum Gasteiger partial charge on any atom is -0.460 e. The Balaban J connectivity index is 1.96. The number of esters is 1. The van der Waals surface area contributed by atoms with Crippen molar-refractivity contribution in [3.05, 3.63) is 0 Å². The average molecular weight is 181 g/mol. The minimum absolute atomic E-state index is 0.0202. The molecule has 72 valence electrons. The molecule has 3 aliphatic rings. The fourth-order valence-electron chi connectivity index (χ4n) is 3.58. The van der Waals surface area contributed by atoms with Crippen LogP contribution >= 0.6 is 0 Å². The Morgan fingerprint density at radius 3 is 3.00 bits per heavy atom. The Hall–Kier alpha value is -0.570. The molecule has 0 saturated carbocycles. The van der Waals surface area contributed by atoms with Gasteiger partial charge in [-0.2, -0.15) is 0 Å².